The number of esters is 1. The molecule has 1 amide bonds. The van der Waals surface area contributed by atoms with E-state index in [2.05, 4.69) is 5.32 Å². The van der Waals surface area contributed by atoms with Gasteiger partial charge in [0.25, 0.3) is 12.2 Å². The van der Waals surface area contributed by atoms with Gasteiger partial charge in [-0.2, -0.15) is 0 Å². The Morgan fingerprint density at radius 2 is 2.05 bits per heavy atom. The minimum Gasteiger partial charge on any atom is -0.458 e. The molecular weight excluding hydrogens is 270 g/mol. The van der Waals surface area contributed by atoms with Crippen LogP contribution in [0.15, 0.2) is 53.8 Å². The smallest absolute Gasteiger partial charge is 0.336 e. The molecule has 1 aromatic carbocycles. The first kappa shape index (κ1) is 13.4. The molecule has 2 aliphatic heterocycles. The van der Waals surface area contributed by atoms with Crippen LogP contribution < -0.4 is 5.32 Å². The second-order valence-corrected chi connectivity index (χ2v) is 5.04. The number of cyclic esters (lactones) is 1. The highest BCUT2D eigenvalue weighted by Gasteiger charge is 2.29. The lowest BCUT2D eigenvalue weighted by Gasteiger charge is -2.08. The monoisotopic (exact) mass is 285 g/mol. The molecule has 0 spiro atoms. The van der Waals surface area contributed by atoms with Crippen molar-refractivity contribution < 1.29 is 19.1 Å². The summed E-state index contributed by atoms with van der Waals surface area (Å²) in [5, 5.41) is 2.90. The fourth-order valence-corrected chi connectivity index (χ4v) is 2.32. The number of nitrogens with one attached hydrogen (secondary N) is 1. The third kappa shape index (κ3) is 2.81. The van der Waals surface area contributed by atoms with Crippen LogP contribution in [-0.2, 0) is 19.1 Å². The van der Waals surface area contributed by atoms with Crippen LogP contribution in [0.3, 0.4) is 0 Å². The molecule has 1 saturated heterocycles. The highest BCUT2D eigenvalue weighted by atomic mass is 16.7. The van der Waals surface area contributed by atoms with Gasteiger partial charge >= 0.3 is 5.97 Å². The maximum absolute atomic E-state index is 11.9. The lowest BCUT2D eigenvalue weighted by atomic mass is 10.0. The van der Waals surface area contributed by atoms with E-state index in [1.807, 2.05) is 30.3 Å². The Morgan fingerprint density at radius 3 is 2.71 bits per heavy atom. The van der Waals surface area contributed by atoms with Crippen molar-refractivity contribution in [3.8, 4) is 0 Å². The predicted octanol–water partition coefficient (Wildman–Crippen LogP) is 1.98. The van der Waals surface area contributed by atoms with Crippen LogP contribution in [-0.4, -0.2) is 18.2 Å². The van der Waals surface area contributed by atoms with Crippen LogP contribution in [0.1, 0.15) is 24.9 Å². The van der Waals surface area contributed by atoms with E-state index < -0.39 is 12.3 Å². The predicted molar refractivity (Wildman–Crippen MR) is 74.7 cm³/mol. The maximum atomic E-state index is 11.9. The number of rotatable bonds is 3. The van der Waals surface area contributed by atoms with E-state index in [0.29, 0.717) is 17.6 Å². The van der Waals surface area contributed by atoms with Crippen molar-refractivity contribution >= 4 is 11.9 Å². The van der Waals surface area contributed by atoms with Crippen LogP contribution in [0, 0.1) is 0 Å². The molecule has 2 aliphatic rings. The van der Waals surface area contributed by atoms with E-state index in [1.54, 1.807) is 13.0 Å². The molecule has 0 radical (unpaired) electrons. The fourth-order valence-electron chi connectivity index (χ4n) is 2.32. The minimum absolute atomic E-state index is 0.0445. The van der Waals surface area contributed by atoms with Gasteiger partial charge in [0.2, 0.25) is 0 Å². The Kier molecular flexibility index (Phi) is 3.48. The van der Waals surface area contributed by atoms with Gasteiger partial charge in [0.15, 0.2) is 0 Å². The summed E-state index contributed by atoms with van der Waals surface area (Å²) < 4.78 is 10.3. The van der Waals surface area contributed by atoms with Gasteiger partial charge in [-0.25, -0.2) is 4.79 Å². The highest BCUT2D eigenvalue weighted by Crippen LogP contribution is 2.27. The first-order chi connectivity index (χ1) is 10.1. The molecule has 0 bridgehead atoms. The molecule has 2 heterocycles. The highest BCUT2D eigenvalue weighted by molar-refractivity contribution is 5.96. The number of hydrogen-bond donors (Lipinski definition) is 1. The molecule has 1 N–H and O–H groups in total. The quantitative estimate of drug-likeness (QED) is 0.524. The largest absolute Gasteiger partial charge is 0.458 e. The second-order valence-electron chi connectivity index (χ2n) is 5.04. The van der Waals surface area contributed by atoms with Crippen LogP contribution in [0.4, 0.5) is 0 Å². The minimum atomic E-state index is -0.742. The van der Waals surface area contributed by atoms with E-state index in [-0.39, 0.29) is 11.9 Å². The van der Waals surface area contributed by atoms with Gasteiger partial charge in [-0.15, -0.1) is 0 Å². The Labute approximate surface area is 122 Å². The van der Waals surface area contributed by atoms with Crippen molar-refractivity contribution in [3.63, 3.8) is 0 Å². The van der Waals surface area contributed by atoms with E-state index in [9.17, 15) is 9.59 Å². The zero-order chi connectivity index (χ0) is 14.8. The molecule has 3 rings (SSSR count). The van der Waals surface area contributed by atoms with E-state index in [1.165, 1.54) is 6.26 Å². The van der Waals surface area contributed by atoms with Crippen molar-refractivity contribution in [1.82, 2.24) is 5.32 Å². The third-order valence-electron chi connectivity index (χ3n) is 3.50. The molecule has 5 heteroatoms. The van der Waals surface area contributed by atoms with Gasteiger partial charge < -0.3 is 14.8 Å². The Hall–Kier alpha value is -2.56. The summed E-state index contributed by atoms with van der Waals surface area (Å²) in [7, 11) is 0. The molecule has 2 atom stereocenters. The number of hydrogen-bond acceptors (Lipinski definition) is 4. The Morgan fingerprint density at radius 1 is 1.29 bits per heavy atom. The van der Waals surface area contributed by atoms with Crippen molar-refractivity contribution in [2.75, 3.05) is 0 Å². The lowest BCUT2D eigenvalue weighted by Crippen LogP contribution is -2.19. The molecule has 0 aromatic heterocycles. The normalized spacial score (nSPS) is 26.5. The summed E-state index contributed by atoms with van der Waals surface area (Å²) in [5.74, 6) is -0.551. The van der Waals surface area contributed by atoms with Crippen LogP contribution >= 0.6 is 0 Å². The number of carbonyl (C=O) groups is 2. The molecule has 2 unspecified atom stereocenters. The van der Waals surface area contributed by atoms with E-state index in [0.717, 1.165) is 5.56 Å². The third-order valence-corrected chi connectivity index (χ3v) is 3.50. The van der Waals surface area contributed by atoms with Gasteiger partial charge in [0.1, 0.15) is 0 Å². The van der Waals surface area contributed by atoms with Crippen LogP contribution in [0.5, 0.6) is 0 Å². The molecule has 108 valence electrons. The first-order valence-corrected chi connectivity index (χ1v) is 6.73. The maximum Gasteiger partial charge on any atom is 0.336 e. The number of carbonyl (C=O) groups excluding carboxylic acids is 2. The molecule has 0 saturated carbocycles. The molecule has 1 aromatic rings. The number of ether oxygens (including phenoxy) is 2. The van der Waals surface area contributed by atoms with Crippen LogP contribution in [0.2, 0.25) is 0 Å². The Balaban J connectivity index is 1.66. The summed E-state index contributed by atoms with van der Waals surface area (Å²) in [5.41, 5.74) is 2.10. The Bertz CT molecular complexity index is 633. The van der Waals surface area contributed by atoms with Crippen molar-refractivity contribution in [2.24, 2.45) is 0 Å². The van der Waals surface area contributed by atoms with Crippen molar-refractivity contribution in [1.29, 1.82) is 0 Å². The topological polar surface area (TPSA) is 64.6 Å². The van der Waals surface area contributed by atoms with Gasteiger partial charge in [-0.05, 0) is 12.5 Å². The van der Waals surface area contributed by atoms with Gasteiger partial charge in [0.05, 0.1) is 17.9 Å². The molecule has 0 aliphatic carbocycles. The summed E-state index contributed by atoms with van der Waals surface area (Å²) in [6.07, 6.45) is 2.77. The van der Waals surface area contributed by atoms with Gasteiger partial charge in [-0.1, -0.05) is 30.3 Å². The average Bonchev–Trinajstić information content (AvgIpc) is 3.01. The van der Waals surface area contributed by atoms with Crippen LogP contribution in [0.25, 0.3) is 0 Å². The van der Waals surface area contributed by atoms with E-state index >= 15 is 0 Å². The molecule has 21 heavy (non-hydrogen) atoms. The molecular formula is C16H15NO4. The number of amides is 1. The standard InChI is InChI=1S/C16H15NO4/c1-10-7-14(21-16(10)19)20-9-12-8-13(17-15(12)18)11-5-3-2-4-6-11/h2-7,9,13-14H,8H2,1H3,(H,17,18)/b12-9+. The lowest BCUT2D eigenvalue weighted by molar-refractivity contribution is -0.152. The zero-order valence-electron chi connectivity index (χ0n) is 11.5. The molecule has 1 fully saturated rings. The fraction of sp³-hybridized carbons (Fsp3) is 0.250. The molecule has 5 nitrogen and oxygen atoms in total. The van der Waals surface area contributed by atoms with Gasteiger partial charge in [-0.3, -0.25) is 4.79 Å². The second kappa shape index (κ2) is 5.44. The SMILES string of the molecule is CC1=CC(O/C=C2\CC(c3ccccc3)NC2=O)OC1=O. The summed E-state index contributed by atoms with van der Waals surface area (Å²) in [6.45, 7) is 1.66. The number of benzene rings is 1. The summed E-state index contributed by atoms with van der Waals surface area (Å²) >= 11 is 0. The summed E-state index contributed by atoms with van der Waals surface area (Å²) in [4.78, 5) is 23.1. The average molecular weight is 285 g/mol. The van der Waals surface area contributed by atoms with Crippen molar-refractivity contribution in [2.45, 2.75) is 25.7 Å². The van der Waals surface area contributed by atoms with E-state index in [4.69, 9.17) is 9.47 Å². The van der Waals surface area contributed by atoms with Gasteiger partial charge in [0, 0.05) is 18.1 Å². The zero-order valence-corrected chi connectivity index (χ0v) is 11.5. The van der Waals surface area contributed by atoms with Crippen molar-refractivity contribution in [3.05, 3.63) is 59.4 Å². The first-order valence-electron chi connectivity index (χ1n) is 6.73. The summed E-state index contributed by atoms with van der Waals surface area (Å²) in [6, 6.07) is 9.70.